The van der Waals surface area contributed by atoms with E-state index in [0.717, 1.165) is 24.4 Å². The van der Waals surface area contributed by atoms with Crippen molar-refractivity contribution in [2.45, 2.75) is 38.6 Å². The molecular formula is C17H23N3O. The van der Waals surface area contributed by atoms with Crippen molar-refractivity contribution in [1.82, 2.24) is 9.55 Å². The lowest BCUT2D eigenvalue weighted by Gasteiger charge is -2.23. The van der Waals surface area contributed by atoms with Crippen LogP contribution in [0.2, 0.25) is 0 Å². The fourth-order valence-electron chi connectivity index (χ4n) is 3.35. The normalized spacial score (nSPS) is 15.6. The zero-order valence-corrected chi connectivity index (χ0v) is 12.8. The summed E-state index contributed by atoms with van der Waals surface area (Å²) in [6, 6.07) is 8.32. The van der Waals surface area contributed by atoms with E-state index >= 15 is 0 Å². The van der Waals surface area contributed by atoms with Crippen molar-refractivity contribution in [3.8, 4) is 5.75 Å². The molecule has 4 nitrogen and oxygen atoms in total. The third kappa shape index (κ3) is 2.56. The molecule has 1 unspecified atom stereocenters. The number of methoxy groups -OCH3 is 1. The Morgan fingerprint density at radius 3 is 2.90 bits per heavy atom. The smallest absolute Gasteiger partial charge is 0.119 e. The monoisotopic (exact) mass is 285 g/mol. The van der Waals surface area contributed by atoms with Gasteiger partial charge in [-0.25, -0.2) is 4.98 Å². The van der Waals surface area contributed by atoms with Gasteiger partial charge >= 0.3 is 0 Å². The first-order valence-corrected chi connectivity index (χ1v) is 7.65. The summed E-state index contributed by atoms with van der Waals surface area (Å²) in [5, 5.41) is 0. The molecular weight excluding hydrogens is 262 g/mol. The summed E-state index contributed by atoms with van der Waals surface area (Å²) in [5.41, 5.74) is 9.92. The molecule has 2 aromatic rings. The van der Waals surface area contributed by atoms with Crippen molar-refractivity contribution in [3.05, 3.63) is 47.0 Å². The van der Waals surface area contributed by atoms with Crippen molar-refractivity contribution in [2.75, 3.05) is 13.7 Å². The highest BCUT2D eigenvalue weighted by Gasteiger charge is 2.23. The van der Waals surface area contributed by atoms with Crippen LogP contribution >= 0.6 is 0 Å². The van der Waals surface area contributed by atoms with Gasteiger partial charge in [0.15, 0.2) is 0 Å². The summed E-state index contributed by atoms with van der Waals surface area (Å²) in [7, 11) is 1.70. The third-order valence-corrected chi connectivity index (χ3v) is 4.36. The van der Waals surface area contributed by atoms with Gasteiger partial charge in [-0.1, -0.05) is 12.1 Å². The molecule has 0 saturated carbocycles. The first-order chi connectivity index (χ1) is 10.2. The van der Waals surface area contributed by atoms with E-state index in [1.165, 1.54) is 29.8 Å². The van der Waals surface area contributed by atoms with Gasteiger partial charge < -0.3 is 15.0 Å². The van der Waals surface area contributed by atoms with E-state index in [1.54, 1.807) is 7.11 Å². The van der Waals surface area contributed by atoms with Gasteiger partial charge in [0.2, 0.25) is 0 Å². The molecule has 0 spiro atoms. The van der Waals surface area contributed by atoms with Crippen molar-refractivity contribution in [2.24, 2.45) is 5.73 Å². The second-order valence-corrected chi connectivity index (χ2v) is 5.66. The van der Waals surface area contributed by atoms with Gasteiger partial charge in [0.05, 0.1) is 18.8 Å². The Bertz CT molecular complexity index is 633. The minimum absolute atomic E-state index is 0.134. The molecule has 4 heteroatoms. The van der Waals surface area contributed by atoms with Gasteiger partial charge in [-0.2, -0.15) is 0 Å². The maximum Gasteiger partial charge on any atom is 0.119 e. The summed E-state index contributed by atoms with van der Waals surface area (Å²) in [6.07, 6.45) is 4.69. The standard InChI is InChI=1S/C17H23N3O/c1-12-19-15-8-3-4-9-16(15)20(12)17(11-18)13-6-5-7-14(10-13)21-2/h5-7,10,17H,3-4,8-9,11,18H2,1-2H3. The molecule has 0 saturated heterocycles. The first-order valence-electron chi connectivity index (χ1n) is 7.65. The molecule has 0 fully saturated rings. The van der Waals surface area contributed by atoms with Crippen LogP contribution in [0, 0.1) is 6.92 Å². The molecule has 1 aliphatic rings. The van der Waals surface area contributed by atoms with E-state index in [2.05, 4.69) is 23.6 Å². The van der Waals surface area contributed by atoms with Gasteiger partial charge in [0.1, 0.15) is 11.6 Å². The van der Waals surface area contributed by atoms with E-state index in [1.807, 2.05) is 12.1 Å². The van der Waals surface area contributed by atoms with Crippen LogP contribution in [0.5, 0.6) is 5.75 Å². The van der Waals surface area contributed by atoms with Crippen LogP contribution in [0.25, 0.3) is 0 Å². The van der Waals surface area contributed by atoms with E-state index in [0.29, 0.717) is 6.54 Å². The number of fused-ring (bicyclic) bond motifs is 1. The topological polar surface area (TPSA) is 53.1 Å². The summed E-state index contributed by atoms with van der Waals surface area (Å²) >= 11 is 0. The molecule has 0 aliphatic heterocycles. The van der Waals surface area contributed by atoms with Gasteiger partial charge in [-0.05, 0) is 50.3 Å². The van der Waals surface area contributed by atoms with E-state index in [9.17, 15) is 0 Å². The van der Waals surface area contributed by atoms with Crippen LogP contribution in [-0.4, -0.2) is 23.2 Å². The number of hydrogen-bond donors (Lipinski definition) is 1. The Hall–Kier alpha value is -1.81. The number of ether oxygens (including phenoxy) is 1. The Morgan fingerprint density at radius 1 is 1.33 bits per heavy atom. The SMILES string of the molecule is COc1cccc(C(CN)n2c(C)nc3c2CCCC3)c1. The highest BCUT2D eigenvalue weighted by atomic mass is 16.5. The minimum Gasteiger partial charge on any atom is -0.497 e. The average molecular weight is 285 g/mol. The largest absolute Gasteiger partial charge is 0.497 e. The lowest BCUT2D eigenvalue weighted by atomic mass is 9.99. The minimum atomic E-state index is 0.134. The molecule has 0 amide bonds. The number of benzene rings is 1. The number of hydrogen-bond acceptors (Lipinski definition) is 3. The molecule has 1 aromatic heterocycles. The van der Waals surface area contributed by atoms with Crippen molar-refractivity contribution < 1.29 is 4.74 Å². The quantitative estimate of drug-likeness (QED) is 0.939. The van der Waals surface area contributed by atoms with Crippen LogP contribution in [0.3, 0.4) is 0 Å². The molecule has 0 radical (unpaired) electrons. The number of aryl methyl sites for hydroxylation is 2. The zero-order chi connectivity index (χ0) is 14.8. The number of aromatic nitrogens is 2. The summed E-state index contributed by atoms with van der Waals surface area (Å²) < 4.78 is 7.68. The van der Waals surface area contributed by atoms with Crippen LogP contribution < -0.4 is 10.5 Å². The number of imidazole rings is 1. The van der Waals surface area contributed by atoms with Gasteiger partial charge in [0.25, 0.3) is 0 Å². The second-order valence-electron chi connectivity index (χ2n) is 5.66. The lowest BCUT2D eigenvalue weighted by Crippen LogP contribution is -2.24. The van der Waals surface area contributed by atoms with Gasteiger partial charge in [-0.15, -0.1) is 0 Å². The Balaban J connectivity index is 2.05. The van der Waals surface area contributed by atoms with Crippen LogP contribution in [0.1, 0.15) is 41.7 Å². The molecule has 1 aromatic carbocycles. The number of rotatable bonds is 4. The summed E-state index contributed by atoms with van der Waals surface area (Å²) in [6.45, 7) is 2.65. The summed E-state index contributed by atoms with van der Waals surface area (Å²) in [4.78, 5) is 4.76. The fourth-order valence-corrected chi connectivity index (χ4v) is 3.35. The molecule has 2 N–H and O–H groups in total. The average Bonchev–Trinajstić information content (AvgIpc) is 2.85. The van der Waals surface area contributed by atoms with E-state index < -0.39 is 0 Å². The fraction of sp³-hybridized carbons (Fsp3) is 0.471. The molecule has 21 heavy (non-hydrogen) atoms. The Kier molecular flexibility index (Phi) is 3.97. The van der Waals surface area contributed by atoms with Crippen molar-refractivity contribution in [1.29, 1.82) is 0 Å². The molecule has 112 valence electrons. The Morgan fingerprint density at radius 2 is 2.14 bits per heavy atom. The number of nitrogens with zero attached hydrogens (tertiary/aromatic N) is 2. The van der Waals surface area contributed by atoms with E-state index in [4.69, 9.17) is 15.5 Å². The van der Waals surface area contributed by atoms with Crippen LogP contribution in [0.15, 0.2) is 24.3 Å². The predicted molar refractivity (Wildman–Crippen MR) is 83.8 cm³/mol. The van der Waals surface area contributed by atoms with Crippen LogP contribution in [-0.2, 0) is 12.8 Å². The second kappa shape index (κ2) is 5.90. The third-order valence-electron chi connectivity index (χ3n) is 4.36. The Labute approximate surface area is 125 Å². The molecule has 1 aliphatic carbocycles. The molecule has 1 atom stereocenters. The van der Waals surface area contributed by atoms with Gasteiger partial charge in [-0.3, -0.25) is 0 Å². The molecule has 3 rings (SSSR count). The van der Waals surface area contributed by atoms with Crippen molar-refractivity contribution >= 4 is 0 Å². The summed E-state index contributed by atoms with van der Waals surface area (Å²) in [5.74, 6) is 1.94. The maximum atomic E-state index is 6.10. The number of nitrogens with two attached hydrogens (primary N) is 1. The maximum absolute atomic E-state index is 6.10. The van der Waals surface area contributed by atoms with E-state index in [-0.39, 0.29) is 6.04 Å². The highest BCUT2D eigenvalue weighted by Crippen LogP contribution is 2.29. The van der Waals surface area contributed by atoms with Crippen molar-refractivity contribution in [3.63, 3.8) is 0 Å². The first kappa shape index (κ1) is 14.1. The molecule has 0 bridgehead atoms. The zero-order valence-electron chi connectivity index (χ0n) is 12.8. The predicted octanol–water partition coefficient (Wildman–Crippen LogP) is 2.63. The lowest BCUT2D eigenvalue weighted by molar-refractivity contribution is 0.413. The highest BCUT2D eigenvalue weighted by molar-refractivity contribution is 5.33. The van der Waals surface area contributed by atoms with Gasteiger partial charge in [0, 0.05) is 12.2 Å². The molecule has 1 heterocycles. The van der Waals surface area contributed by atoms with Crippen LogP contribution in [0.4, 0.5) is 0 Å².